The Labute approximate surface area is 312 Å². The normalized spacial score (nSPS) is 13.4. The largest absolute Gasteiger partial charge is 0.309 e. The Kier molecular flexibility index (Phi) is 7.41. The summed E-state index contributed by atoms with van der Waals surface area (Å²) in [4.78, 5) is 2.67. The number of hydrogen-bond acceptors (Lipinski definition) is 1. The van der Waals surface area contributed by atoms with Crippen molar-refractivity contribution >= 4 is 71.2 Å². The van der Waals surface area contributed by atoms with E-state index in [9.17, 15) is 0 Å². The summed E-state index contributed by atoms with van der Waals surface area (Å²) in [5.74, 6) is 0.799. The Morgan fingerprint density at radius 2 is 1.21 bits per heavy atom. The van der Waals surface area contributed by atoms with Crippen molar-refractivity contribution in [1.29, 1.82) is 0 Å². The fourth-order valence-corrected chi connectivity index (χ4v) is 9.69. The van der Waals surface area contributed by atoms with Crippen molar-refractivity contribution in [3.05, 3.63) is 155 Å². The third-order valence-electron chi connectivity index (χ3n) is 12.1. The van der Waals surface area contributed by atoms with Crippen molar-refractivity contribution in [3.63, 3.8) is 0 Å². The molecule has 0 saturated heterocycles. The molecular formula is C51H46N2. The Morgan fingerprint density at radius 3 is 2.06 bits per heavy atom. The van der Waals surface area contributed by atoms with Gasteiger partial charge in [0.1, 0.15) is 0 Å². The third kappa shape index (κ3) is 4.85. The Balaban J connectivity index is 1.38. The molecule has 0 spiro atoms. The average molecular weight is 687 g/mol. The first kappa shape index (κ1) is 32.1. The average Bonchev–Trinajstić information content (AvgIpc) is 3.52. The van der Waals surface area contributed by atoms with Crippen LogP contribution in [0.5, 0.6) is 0 Å². The summed E-state index contributed by atoms with van der Waals surface area (Å²) in [6, 6.07) is 48.8. The molecule has 8 aromatic carbocycles. The zero-order chi connectivity index (χ0) is 36.0. The highest BCUT2D eigenvalue weighted by Crippen LogP contribution is 2.51. The molecule has 0 radical (unpaired) electrons. The number of hydrogen-bond donors (Lipinski definition) is 0. The van der Waals surface area contributed by atoms with Crippen LogP contribution in [0.2, 0.25) is 0 Å². The Bertz CT molecular complexity index is 2870. The molecule has 1 aliphatic rings. The maximum absolute atomic E-state index is 2.67. The van der Waals surface area contributed by atoms with Crippen molar-refractivity contribution in [2.24, 2.45) is 0 Å². The van der Waals surface area contributed by atoms with Crippen molar-refractivity contribution in [1.82, 2.24) is 4.57 Å². The molecule has 0 N–H and O–H groups in total. The minimum absolute atomic E-state index is 0.355. The van der Waals surface area contributed by atoms with Crippen LogP contribution >= 0.6 is 0 Å². The quantitative estimate of drug-likeness (QED) is 0.158. The highest BCUT2D eigenvalue weighted by molar-refractivity contribution is 6.28. The van der Waals surface area contributed by atoms with Gasteiger partial charge in [0.05, 0.1) is 22.4 Å². The van der Waals surface area contributed by atoms with Gasteiger partial charge in [-0.25, -0.2) is 0 Å². The van der Waals surface area contributed by atoms with Gasteiger partial charge in [-0.1, -0.05) is 113 Å². The van der Waals surface area contributed by atoms with E-state index in [-0.39, 0.29) is 0 Å². The van der Waals surface area contributed by atoms with Crippen LogP contribution in [-0.4, -0.2) is 4.57 Å². The SMILES string of the molecule is Cc1cccc(-n2c3ccccc3c3c(N(c4cccc5c4CCCC5)c4cc(C(C)C)c5ccc6ccc(C(C)C)c7ccc4c5c67)cccc32)c1. The van der Waals surface area contributed by atoms with Crippen LogP contribution in [-0.2, 0) is 12.8 Å². The fourth-order valence-electron chi connectivity index (χ4n) is 9.69. The van der Waals surface area contributed by atoms with Crippen molar-refractivity contribution < 1.29 is 0 Å². The molecule has 0 amide bonds. The standard InChI is InChI=1S/C51H46N2/c1-31(2)37-25-23-35-24-26-40-43(32(3)4)30-48(42-28-27-39(37)49(35)50(40)42)53(44-20-11-15-34-14-6-7-17-38(34)44)47-22-12-21-46-51(47)41-18-8-9-19-45(41)52(46)36-16-10-13-33(5)29-36/h8-13,15-16,18-32H,6-7,14,17H2,1-5H3. The molecule has 0 bridgehead atoms. The van der Waals surface area contributed by atoms with Crippen LogP contribution in [0, 0.1) is 6.92 Å². The Morgan fingerprint density at radius 1 is 0.509 bits per heavy atom. The molecule has 0 atom stereocenters. The molecule has 1 aliphatic carbocycles. The van der Waals surface area contributed by atoms with Crippen LogP contribution in [0.3, 0.4) is 0 Å². The summed E-state index contributed by atoms with van der Waals surface area (Å²) in [6.45, 7) is 11.6. The topological polar surface area (TPSA) is 8.17 Å². The van der Waals surface area contributed by atoms with E-state index in [4.69, 9.17) is 0 Å². The van der Waals surface area contributed by atoms with Gasteiger partial charge in [0.15, 0.2) is 0 Å². The van der Waals surface area contributed by atoms with Gasteiger partial charge in [-0.2, -0.15) is 0 Å². The predicted molar refractivity (Wildman–Crippen MR) is 229 cm³/mol. The molecule has 53 heavy (non-hydrogen) atoms. The lowest BCUT2D eigenvalue weighted by Gasteiger charge is -2.33. The molecular weight excluding hydrogens is 641 g/mol. The zero-order valence-corrected chi connectivity index (χ0v) is 31.5. The zero-order valence-electron chi connectivity index (χ0n) is 31.5. The van der Waals surface area contributed by atoms with Gasteiger partial charge in [-0.05, 0) is 142 Å². The lowest BCUT2D eigenvalue weighted by atomic mass is 9.84. The van der Waals surface area contributed by atoms with Gasteiger partial charge in [0.25, 0.3) is 0 Å². The number of aryl methyl sites for hydroxylation is 2. The number of nitrogens with zero attached hydrogens (tertiary/aromatic N) is 2. The summed E-state index contributed by atoms with van der Waals surface area (Å²) in [5, 5.41) is 10.8. The first-order valence-corrected chi connectivity index (χ1v) is 19.6. The highest BCUT2D eigenvalue weighted by atomic mass is 15.2. The first-order chi connectivity index (χ1) is 25.9. The number of fused-ring (bicyclic) bond motifs is 4. The van der Waals surface area contributed by atoms with E-state index in [0.29, 0.717) is 11.8 Å². The molecule has 10 rings (SSSR count). The summed E-state index contributed by atoms with van der Waals surface area (Å²) in [5.41, 5.74) is 14.6. The van der Waals surface area contributed by atoms with E-state index >= 15 is 0 Å². The van der Waals surface area contributed by atoms with Crippen molar-refractivity contribution in [3.8, 4) is 5.69 Å². The summed E-state index contributed by atoms with van der Waals surface area (Å²) < 4.78 is 2.47. The molecule has 0 unspecified atom stereocenters. The second-order valence-electron chi connectivity index (χ2n) is 16.0. The number of anilines is 3. The summed E-state index contributed by atoms with van der Waals surface area (Å²) in [6.07, 6.45) is 4.72. The number of para-hydroxylation sites is 1. The van der Waals surface area contributed by atoms with Crippen LogP contribution in [0.15, 0.2) is 127 Å². The van der Waals surface area contributed by atoms with Gasteiger partial charge in [-0.15, -0.1) is 0 Å². The number of rotatable bonds is 6. The van der Waals surface area contributed by atoms with Gasteiger partial charge < -0.3 is 9.47 Å². The lowest BCUT2D eigenvalue weighted by molar-refractivity contribution is 0.686. The molecule has 9 aromatic rings. The molecule has 0 aliphatic heterocycles. The summed E-state index contributed by atoms with van der Waals surface area (Å²) in [7, 11) is 0. The van der Waals surface area contributed by atoms with Crippen LogP contribution in [0.25, 0.3) is 59.8 Å². The van der Waals surface area contributed by atoms with Crippen LogP contribution in [0.4, 0.5) is 17.1 Å². The molecule has 1 heterocycles. The summed E-state index contributed by atoms with van der Waals surface area (Å²) >= 11 is 0. The van der Waals surface area contributed by atoms with Crippen molar-refractivity contribution in [2.75, 3.05) is 4.90 Å². The van der Waals surface area contributed by atoms with E-state index in [1.807, 2.05) is 0 Å². The minimum Gasteiger partial charge on any atom is -0.309 e. The first-order valence-electron chi connectivity index (χ1n) is 19.6. The van der Waals surface area contributed by atoms with Crippen LogP contribution < -0.4 is 4.90 Å². The Hall–Kier alpha value is -5.60. The van der Waals surface area contributed by atoms with E-state index in [1.165, 1.54) is 118 Å². The molecule has 2 heteroatoms. The second-order valence-corrected chi connectivity index (χ2v) is 16.0. The predicted octanol–water partition coefficient (Wildman–Crippen LogP) is 14.6. The molecule has 2 nitrogen and oxygen atoms in total. The van der Waals surface area contributed by atoms with Gasteiger partial charge in [0.2, 0.25) is 0 Å². The van der Waals surface area contributed by atoms with E-state index in [0.717, 1.165) is 12.8 Å². The van der Waals surface area contributed by atoms with E-state index in [1.54, 1.807) is 0 Å². The fraction of sp³-hybridized carbons (Fsp3) is 0.216. The highest BCUT2D eigenvalue weighted by Gasteiger charge is 2.28. The number of benzene rings is 8. The molecule has 260 valence electrons. The molecule has 0 saturated carbocycles. The maximum Gasteiger partial charge on any atom is 0.0562 e. The smallest absolute Gasteiger partial charge is 0.0562 e. The monoisotopic (exact) mass is 686 g/mol. The van der Waals surface area contributed by atoms with E-state index in [2.05, 4.69) is 171 Å². The molecule has 0 fully saturated rings. The third-order valence-corrected chi connectivity index (χ3v) is 12.1. The van der Waals surface area contributed by atoms with Crippen molar-refractivity contribution in [2.45, 2.75) is 72.1 Å². The van der Waals surface area contributed by atoms with Gasteiger partial charge >= 0.3 is 0 Å². The maximum atomic E-state index is 2.67. The second kappa shape index (κ2) is 12.2. The van der Waals surface area contributed by atoms with E-state index < -0.39 is 0 Å². The molecule has 1 aromatic heterocycles. The van der Waals surface area contributed by atoms with Gasteiger partial charge in [0, 0.05) is 27.5 Å². The van der Waals surface area contributed by atoms with Gasteiger partial charge in [-0.3, -0.25) is 0 Å². The lowest BCUT2D eigenvalue weighted by Crippen LogP contribution is -2.16. The van der Waals surface area contributed by atoms with Crippen LogP contribution in [0.1, 0.15) is 80.2 Å². The number of aromatic nitrogens is 1. The minimum atomic E-state index is 0.355.